The molecule has 0 bridgehead atoms. The van der Waals surface area contributed by atoms with Gasteiger partial charge in [0.2, 0.25) is 0 Å². The predicted molar refractivity (Wildman–Crippen MR) is 70.2 cm³/mol. The van der Waals surface area contributed by atoms with Crippen molar-refractivity contribution in [1.82, 2.24) is 0 Å². The molecule has 2 N–H and O–H groups in total. The van der Waals surface area contributed by atoms with Crippen LogP contribution < -0.4 is 0 Å². The molecule has 0 amide bonds. The first-order chi connectivity index (χ1) is 8.00. The lowest BCUT2D eigenvalue weighted by molar-refractivity contribution is 0.0740. The first-order valence-corrected chi connectivity index (χ1v) is 6.03. The van der Waals surface area contributed by atoms with Crippen molar-refractivity contribution >= 4 is 40.4 Å². The minimum Gasteiger partial charge on any atom is -0.384 e. The molecule has 1 aromatic rings. The maximum atomic E-state index is 9.71. The van der Waals surface area contributed by atoms with Crippen LogP contribution in [0.1, 0.15) is 5.56 Å². The first kappa shape index (κ1) is 12.9. The Morgan fingerprint density at radius 3 is 2.06 bits per heavy atom. The fourth-order valence-electron chi connectivity index (χ4n) is 1.59. The van der Waals surface area contributed by atoms with Gasteiger partial charge in [0.15, 0.2) is 0 Å². The molecule has 0 aromatic heterocycles. The van der Waals surface area contributed by atoms with Crippen molar-refractivity contribution in [2.45, 2.75) is 12.2 Å². The molecular weight excluding hydrogens is 282 g/mol. The number of aliphatic hydroxyl groups is 2. The van der Waals surface area contributed by atoms with Gasteiger partial charge in [-0.25, -0.2) is 0 Å². The zero-order chi connectivity index (χ0) is 12.6. The van der Waals surface area contributed by atoms with E-state index in [2.05, 4.69) is 0 Å². The van der Waals surface area contributed by atoms with Crippen LogP contribution in [0.4, 0.5) is 0 Å². The smallest absolute Gasteiger partial charge is 0.121 e. The van der Waals surface area contributed by atoms with Crippen LogP contribution >= 0.6 is 34.8 Å². The number of hydrogen-bond acceptors (Lipinski definition) is 2. The Morgan fingerprint density at radius 2 is 1.47 bits per heavy atom. The van der Waals surface area contributed by atoms with Gasteiger partial charge in [0.25, 0.3) is 0 Å². The minimum absolute atomic E-state index is 0.159. The average molecular weight is 292 g/mol. The standard InChI is InChI=1S/C12H9Cl3O2/c13-7-3-1-6(2-4-7)8-5-9(14)11(16)12(17)10(8)15/h1-5,11-12,16-17H/t11-,12+/m1/s1. The van der Waals surface area contributed by atoms with Gasteiger partial charge in [-0.05, 0) is 23.8 Å². The van der Waals surface area contributed by atoms with Crippen LogP contribution in [0.5, 0.6) is 0 Å². The monoisotopic (exact) mass is 290 g/mol. The van der Waals surface area contributed by atoms with Crippen molar-refractivity contribution < 1.29 is 10.2 Å². The zero-order valence-electron chi connectivity index (χ0n) is 8.57. The molecule has 0 unspecified atom stereocenters. The van der Waals surface area contributed by atoms with Crippen molar-refractivity contribution in [1.29, 1.82) is 0 Å². The lowest BCUT2D eigenvalue weighted by Crippen LogP contribution is -2.29. The number of rotatable bonds is 1. The summed E-state index contributed by atoms with van der Waals surface area (Å²) in [4.78, 5) is 0. The molecular formula is C12H9Cl3O2. The molecule has 0 radical (unpaired) electrons. The second-order valence-electron chi connectivity index (χ2n) is 3.69. The Hall–Kier alpha value is -0.510. The highest BCUT2D eigenvalue weighted by atomic mass is 35.5. The third kappa shape index (κ3) is 2.51. The van der Waals surface area contributed by atoms with E-state index in [4.69, 9.17) is 34.8 Å². The highest BCUT2D eigenvalue weighted by Gasteiger charge is 2.29. The summed E-state index contributed by atoms with van der Waals surface area (Å²) in [6, 6.07) is 6.97. The largest absolute Gasteiger partial charge is 0.384 e. The first-order valence-electron chi connectivity index (χ1n) is 4.89. The van der Waals surface area contributed by atoms with Crippen molar-refractivity contribution in [3.63, 3.8) is 0 Å². The quantitative estimate of drug-likeness (QED) is 0.834. The SMILES string of the molecule is O[C@@H]1C(Cl)=CC(c2ccc(Cl)cc2)=C(Cl)[C@@H]1O. The van der Waals surface area contributed by atoms with E-state index < -0.39 is 12.2 Å². The summed E-state index contributed by atoms with van der Waals surface area (Å²) in [5, 5.41) is 20.2. The fourth-order valence-corrected chi connectivity index (χ4v) is 2.23. The molecule has 0 aliphatic heterocycles. The van der Waals surface area contributed by atoms with Crippen LogP contribution in [-0.4, -0.2) is 22.4 Å². The van der Waals surface area contributed by atoms with Gasteiger partial charge in [0, 0.05) is 10.6 Å². The Morgan fingerprint density at radius 1 is 0.882 bits per heavy atom. The van der Waals surface area contributed by atoms with Crippen LogP contribution in [0.25, 0.3) is 5.57 Å². The van der Waals surface area contributed by atoms with Crippen LogP contribution in [0.2, 0.25) is 5.02 Å². The normalized spacial score (nSPS) is 24.9. The molecule has 5 heteroatoms. The summed E-state index contributed by atoms with van der Waals surface area (Å²) in [6.07, 6.45) is -0.815. The molecule has 2 rings (SSSR count). The number of hydrogen-bond donors (Lipinski definition) is 2. The molecule has 2 nitrogen and oxygen atoms in total. The number of benzene rings is 1. The van der Waals surface area contributed by atoms with E-state index >= 15 is 0 Å². The Labute approximate surface area is 114 Å². The lowest BCUT2D eigenvalue weighted by atomic mass is 9.96. The summed E-state index contributed by atoms with van der Waals surface area (Å²) in [7, 11) is 0. The van der Waals surface area contributed by atoms with E-state index in [1.807, 2.05) is 0 Å². The zero-order valence-corrected chi connectivity index (χ0v) is 10.8. The van der Waals surface area contributed by atoms with E-state index in [0.717, 1.165) is 5.56 Å². The van der Waals surface area contributed by atoms with E-state index in [1.165, 1.54) is 0 Å². The summed E-state index contributed by atoms with van der Waals surface area (Å²) >= 11 is 17.6. The topological polar surface area (TPSA) is 40.5 Å². The summed E-state index contributed by atoms with van der Waals surface area (Å²) < 4.78 is 0. The summed E-state index contributed by atoms with van der Waals surface area (Å²) in [5.41, 5.74) is 1.37. The maximum Gasteiger partial charge on any atom is 0.121 e. The molecule has 0 saturated carbocycles. The highest BCUT2D eigenvalue weighted by Crippen LogP contribution is 2.35. The molecule has 0 fully saturated rings. The van der Waals surface area contributed by atoms with Crippen LogP contribution in [-0.2, 0) is 0 Å². The number of aliphatic hydroxyl groups excluding tert-OH is 2. The molecule has 0 heterocycles. The van der Waals surface area contributed by atoms with Gasteiger partial charge in [-0.15, -0.1) is 0 Å². The van der Waals surface area contributed by atoms with Gasteiger partial charge >= 0.3 is 0 Å². The van der Waals surface area contributed by atoms with Crippen molar-refractivity contribution in [3.05, 3.63) is 51.0 Å². The van der Waals surface area contributed by atoms with Crippen LogP contribution in [0.15, 0.2) is 40.4 Å². The third-order valence-electron chi connectivity index (χ3n) is 2.54. The summed E-state index contributed by atoms with van der Waals surface area (Å²) in [6.45, 7) is 0. The molecule has 1 aromatic carbocycles. The van der Waals surface area contributed by atoms with Crippen molar-refractivity contribution in [2.24, 2.45) is 0 Å². The highest BCUT2D eigenvalue weighted by molar-refractivity contribution is 6.36. The molecule has 0 spiro atoms. The Bertz CT molecular complexity index is 491. The second-order valence-corrected chi connectivity index (χ2v) is 4.97. The minimum atomic E-state index is -1.19. The molecule has 17 heavy (non-hydrogen) atoms. The molecule has 2 atom stereocenters. The van der Waals surface area contributed by atoms with E-state index in [1.54, 1.807) is 30.3 Å². The number of allylic oxidation sites excluding steroid dienone is 2. The Balaban J connectivity index is 2.48. The maximum absolute atomic E-state index is 9.71. The van der Waals surface area contributed by atoms with E-state index in [9.17, 15) is 10.2 Å². The van der Waals surface area contributed by atoms with E-state index in [0.29, 0.717) is 10.6 Å². The molecule has 0 saturated heterocycles. The van der Waals surface area contributed by atoms with Gasteiger partial charge in [-0.2, -0.15) is 0 Å². The summed E-state index contributed by atoms with van der Waals surface area (Å²) in [5.74, 6) is 0. The van der Waals surface area contributed by atoms with E-state index in [-0.39, 0.29) is 10.1 Å². The van der Waals surface area contributed by atoms with Gasteiger partial charge in [-0.3, -0.25) is 0 Å². The average Bonchev–Trinajstić information content (AvgIpc) is 2.32. The van der Waals surface area contributed by atoms with Crippen LogP contribution in [0, 0.1) is 0 Å². The molecule has 90 valence electrons. The lowest BCUT2D eigenvalue weighted by Gasteiger charge is -2.24. The van der Waals surface area contributed by atoms with Crippen LogP contribution in [0.3, 0.4) is 0 Å². The predicted octanol–water partition coefficient (Wildman–Crippen LogP) is 3.15. The second kappa shape index (κ2) is 5.01. The fraction of sp³-hybridized carbons (Fsp3) is 0.167. The van der Waals surface area contributed by atoms with Gasteiger partial charge in [-0.1, -0.05) is 46.9 Å². The van der Waals surface area contributed by atoms with Crippen molar-refractivity contribution in [3.8, 4) is 0 Å². The van der Waals surface area contributed by atoms with Crippen molar-refractivity contribution in [2.75, 3.05) is 0 Å². The Kier molecular flexibility index (Phi) is 3.81. The van der Waals surface area contributed by atoms with Gasteiger partial charge < -0.3 is 10.2 Å². The number of halogens is 3. The molecule has 1 aliphatic carbocycles. The molecule has 1 aliphatic rings. The third-order valence-corrected chi connectivity index (χ3v) is 3.55. The van der Waals surface area contributed by atoms with Gasteiger partial charge in [0.1, 0.15) is 12.2 Å². The van der Waals surface area contributed by atoms with Gasteiger partial charge in [0.05, 0.1) is 10.1 Å².